The first-order valence-electron chi connectivity index (χ1n) is 8.58. The van der Waals surface area contributed by atoms with Crippen LogP contribution in [0.2, 0.25) is 0 Å². The van der Waals surface area contributed by atoms with Crippen LogP contribution in [-0.2, 0) is 11.2 Å². The Hall–Kier alpha value is -2.08. The van der Waals surface area contributed by atoms with Crippen molar-refractivity contribution < 1.29 is 19.4 Å². The lowest BCUT2D eigenvalue weighted by molar-refractivity contribution is -0.132. The average Bonchev–Trinajstić information content (AvgIpc) is 3.14. The Balaban J connectivity index is 1.53. The van der Waals surface area contributed by atoms with Gasteiger partial charge >= 0.3 is 6.03 Å². The summed E-state index contributed by atoms with van der Waals surface area (Å²) in [6, 6.07) is 7.25. The minimum absolute atomic E-state index is 0.0372. The van der Waals surface area contributed by atoms with Crippen molar-refractivity contribution in [1.29, 1.82) is 0 Å². The SMILES string of the molecule is CCc1ccc(OCC(O)CN2C(=O)NC3(CCCC3)C2=O)cc1. The number of carbonyl (C=O) groups is 2. The lowest BCUT2D eigenvalue weighted by Crippen LogP contribution is -2.45. The van der Waals surface area contributed by atoms with E-state index in [1.165, 1.54) is 5.56 Å². The van der Waals surface area contributed by atoms with E-state index in [1.54, 1.807) is 0 Å². The summed E-state index contributed by atoms with van der Waals surface area (Å²) in [5.74, 6) is 0.451. The largest absolute Gasteiger partial charge is 0.491 e. The predicted molar refractivity (Wildman–Crippen MR) is 88.8 cm³/mol. The zero-order valence-electron chi connectivity index (χ0n) is 14.0. The number of ether oxygens (including phenoxy) is 1. The Morgan fingerprint density at radius 1 is 1.25 bits per heavy atom. The molecule has 1 atom stereocenters. The maximum Gasteiger partial charge on any atom is 0.325 e. The zero-order valence-corrected chi connectivity index (χ0v) is 14.0. The monoisotopic (exact) mass is 332 g/mol. The number of nitrogens with zero attached hydrogens (tertiary/aromatic N) is 1. The van der Waals surface area contributed by atoms with E-state index in [-0.39, 0.29) is 19.1 Å². The van der Waals surface area contributed by atoms with Gasteiger partial charge in [0.05, 0.1) is 6.54 Å². The molecule has 3 rings (SSSR count). The molecule has 2 fully saturated rings. The number of aliphatic hydroxyl groups excluding tert-OH is 1. The molecular weight excluding hydrogens is 308 g/mol. The number of amides is 3. The molecule has 1 aromatic rings. The van der Waals surface area contributed by atoms with Crippen LogP contribution < -0.4 is 10.1 Å². The van der Waals surface area contributed by atoms with Gasteiger partial charge in [-0.25, -0.2) is 4.79 Å². The fourth-order valence-corrected chi connectivity index (χ4v) is 3.44. The molecule has 0 radical (unpaired) electrons. The van der Waals surface area contributed by atoms with Crippen molar-refractivity contribution in [2.45, 2.75) is 50.7 Å². The van der Waals surface area contributed by atoms with Crippen molar-refractivity contribution in [2.75, 3.05) is 13.2 Å². The summed E-state index contributed by atoms with van der Waals surface area (Å²) < 4.78 is 5.55. The Kier molecular flexibility index (Phi) is 4.76. The number of carbonyl (C=O) groups excluding carboxylic acids is 2. The molecule has 3 amide bonds. The predicted octanol–water partition coefficient (Wildman–Crippen LogP) is 1.85. The minimum atomic E-state index is -0.915. The maximum absolute atomic E-state index is 12.5. The second-order valence-electron chi connectivity index (χ2n) is 6.60. The molecule has 6 heteroatoms. The van der Waals surface area contributed by atoms with Gasteiger partial charge in [0.25, 0.3) is 5.91 Å². The molecule has 1 aliphatic heterocycles. The van der Waals surface area contributed by atoms with Gasteiger partial charge in [-0.3, -0.25) is 9.69 Å². The molecule has 1 saturated heterocycles. The van der Waals surface area contributed by atoms with E-state index in [2.05, 4.69) is 12.2 Å². The van der Waals surface area contributed by atoms with Gasteiger partial charge in [-0.05, 0) is 37.0 Å². The van der Waals surface area contributed by atoms with Crippen molar-refractivity contribution in [3.8, 4) is 5.75 Å². The molecule has 1 spiro atoms. The highest BCUT2D eigenvalue weighted by molar-refractivity contribution is 6.07. The highest BCUT2D eigenvalue weighted by Crippen LogP contribution is 2.35. The summed E-state index contributed by atoms with van der Waals surface area (Å²) in [6.45, 7) is 2.07. The highest BCUT2D eigenvalue weighted by atomic mass is 16.5. The number of urea groups is 1. The van der Waals surface area contributed by atoms with Gasteiger partial charge in [0.15, 0.2) is 0 Å². The number of aliphatic hydroxyl groups is 1. The normalized spacial score (nSPS) is 20.5. The number of β-amino-alcohol motifs (C(OH)–C–C–N with tert-alkyl or cyclic N) is 1. The second kappa shape index (κ2) is 6.81. The highest BCUT2D eigenvalue weighted by Gasteiger charge is 2.52. The van der Waals surface area contributed by atoms with Crippen LogP contribution in [0.5, 0.6) is 5.75 Å². The molecule has 6 nitrogen and oxygen atoms in total. The van der Waals surface area contributed by atoms with Crippen molar-refractivity contribution in [3.05, 3.63) is 29.8 Å². The zero-order chi connectivity index (χ0) is 17.2. The smallest absolute Gasteiger partial charge is 0.325 e. The molecule has 1 aromatic carbocycles. The fourth-order valence-electron chi connectivity index (χ4n) is 3.44. The van der Waals surface area contributed by atoms with E-state index >= 15 is 0 Å². The molecule has 0 bridgehead atoms. The van der Waals surface area contributed by atoms with E-state index < -0.39 is 17.7 Å². The topological polar surface area (TPSA) is 78.9 Å². The molecule has 1 heterocycles. The number of benzene rings is 1. The standard InChI is InChI=1S/C18H24N2O4/c1-2-13-5-7-15(8-6-13)24-12-14(21)11-20-16(22)18(19-17(20)23)9-3-4-10-18/h5-8,14,21H,2-4,9-12H2,1H3,(H,19,23). The third kappa shape index (κ3) is 3.24. The average molecular weight is 332 g/mol. The van der Waals surface area contributed by atoms with Gasteiger partial charge in [0.1, 0.15) is 24.0 Å². The first-order valence-corrected chi connectivity index (χ1v) is 8.58. The van der Waals surface area contributed by atoms with Crippen LogP contribution in [0.4, 0.5) is 4.79 Å². The van der Waals surface area contributed by atoms with Crippen LogP contribution in [0, 0.1) is 0 Å². The number of imide groups is 1. The summed E-state index contributed by atoms with van der Waals surface area (Å²) in [5, 5.41) is 12.9. The number of nitrogens with one attached hydrogen (secondary N) is 1. The van der Waals surface area contributed by atoms with Crippen LogP contribution >= 0.6 is 0 Å². The molecule has 1 saturated carbocycles. The van der Waals surface area contributed by atoms with E-state index in [4.69, 9.17) is 4.74 Å². The van der Waals surface area contributed by atoms with Gasteiger partial charge in [0.2, 0.25) is 0 Å². The van der Waals surface area contributed by atoms with Gasteiger partial charge in [-0.15, -0.1) is 0 Å². The Morgan fingerprint density at radius 2 is 1.92 bits per heavy atom. The third-order valence-electron chi connectivity index (χ3n) is 4.87. The quantitative estimate of drug-likeness (QED) is 0.779. The fraction of sp³-hybridized carbons (Fsp3) is 0.556. The van der Waals surface area contributed by atoms with E-state index in [0.717, 1.165) is 24.2 Å². The summed E-state index contributed by atoms with van der Waals surface area (Å²) in [6.07, 6.45) is 3.30. The van der Waals surface area contributed by atoms with Crippen LogP contribution in [0.15, 0.2) is 24.3 Å². The summed E-state index contributed by atoms with van der Waals surface area (Å²) in [4.78, 5) is 25.7. The third-order valence-corrected chi connectivity index (χ3v) is 4.87. The number of hydrogen-bond acceptors (Lipinski definition) is 4. The molecule has 1 aliphatic carbocycles. The minimum Gasteiger partial charge on any atom is -0.491 e. The number of aryl methyl sites for hydroxylation is 1. The van der Waals surface area contributed by atoms with Gasteiger partial charge in [-0.1, -0.05) is 31.9 Å². The Morgan fingerprint density at radius 3 is 2.54 bits per heavy atom. The van der Waals surface area contributed by atoms with Crippen LogP contribution in [0.1, 0.15) is 38.2 Å². The van der Waals surface area contributed by atoms with Crippen molar-refractivity contribution in [3.63, 3.8) is 0 Å². The first kappa shape index (κ1) is 16.8. The van der Waals surface area contributed by atoms with E-state index in [1.807, 2.05) is 24.3 Å². The molecule has 0 aromatic heterocycles. The lowest BCUT2D eigenvalue weighted by atomic mass is 9.98. The van der Waals surface area contributed by atoms with Crippen molar-refractivity contribution >= 4 is 11.9 Å². The molecule has 24 heavy (non-hydrogen) atoms. The van der Waals surface area contributed by atoms with Crippen LogP contribution in [-0.4, -0.2) is 46.7 Å². The molecule has 130 valence electrons. The molecular formula is C18H24N2O4. The van der Waals surface area contributed by atoms with Crippen molar-refractivity contribution in [1.82, 2.24) is 10.2 Å². The number of hydrogen-bond donors (Lipinski definition) is 2. The molecule has 1 unspecified atom stereocenters. The second-order valence-corrected chi connectivity index (χ2v) is 6.60. The summed E-state index contributed by atoms with van der Waals surface area (Å²) in [5.41, 5.74) is 0.484. The van der Waals surface area contributed by atoms with E-state index in [0.29, 0.717) is 18.6 Å². The van der Waals surface area contributed by atoms with Gasteiger partial charge in [-0.2, -0.15) is 0 Å². The van der Waals surface area contributed by atoms with E-state index in [9.17, 15) is 14.7 Å². The first-order chi connectivity index (χ1) is 11.5. The lowest BCUT2D eigenvalue weighted by Gasteiger charge is -2.21. The van der Waals surface area contributed by atoms with Gasteiger partial charge < -0.3 is 15.2 Å². The van der Waals surface area contributed by atoms with Crippen LogP contribution in [0.3, 0.4) is 0 Å². The number of rotatable bonds is 6. The Labute approximate surface area is 141 Å². The summed E-state index contributed by atoms with van der Waals surface area (Å²) >= 11 is 0. The molecule has 2 N–H and O–H groups in total. The molecule has 2 aliphatic rings. The van der Waals surface area contributed by atoms with Crippen molar-refractivity contribution in [2.24, 2.45) is 0 Å². The Bertz CT molecular complexity index is 608. The van der Waals surface area contributed by atoms with Crippen LogP contribution in [0.25, 0.3) is 0 Å². The maximum atomic E-state index is 12.5. The van der Waals surface area contributed by atoms with Gasteiger partial charge in [0, 0.05) is 0 Å². The summed E-state index contributed by atoms with van der Waals surface area (Å²) in [7, 11) is 0.